The van der Waals surface area contributed by atoms with Crippen LogP contribution in [0.3, 0.4) is 0 Å². The summed E-state index contributed by atoms with van der Waals surface area (Å²) in [7, 11) is 1.82. The molecule has 0 bridgehead atoms. The predicted octanol–water partition coefficient (Wildman–Crippen LogP) is 3.15. The number of fused-ring (bicyclic) bond motifs is 1. The van der Waals surface area contributed by atoms with Crippen LogP contribution in [0.25, 0.3) is 5.65 Å². The zero-order chi connectivity index (χ0) is 20.8. The fraction of sp³-hybridized carbons (Fsp3) is 0.409. The van der Waals surface area contributed by atoms with Crippen molar-refractivity contribution >= 4 is 28.9 Å². The number of hydrogen-bond acceptors (Lipinski definition) is 4. The number of pyridine rings is 1. The number of guanidine groups is 1. The number of hydrogen-bond donors (Lipinski definition) is 2. The molecular formula is C22H28ClN7. The molecule has 1 aromatic carbocycles. The van der Waals surface area contributed by atoms with Crippen LogP contribution in [0.1, 0.15) is 25.1 Å². The second-order valence-electron chi connectivity index (χ2n) is 7.53. The Morgan fingerprint density at radius 2 is 2.07 bits per heavy atom. The smallest absolute Gasteiger partial charge is 0.191 e. The summed E-state index contributed by atoms with van der Waals surface area (Å²) in [5.74, 6) is 1.82. The molecule has 7 nitrogen and oxygen atoms in total. The quantitative estimate of drug-likeness (QED) is 0.360. The van der Waals surface area contributed by atoms with Crippen LogP contribution in [0.4, 0.5) is 5.69 Å². The summed E-state index contributed by atoms with van der Waals surface area (Å²) in [6, 6.07) is 14.3. The van der Waals surface area contributed by atoms with E-state index < -0.39 is 0 Å². The topological polar surface area (TPSA) is 69.8 Å². The number of aliphatic imine (C=N–C) groups is 1. The highest BCUT2D eigenvalue weighted by Gasteiger charge is 2.22. The summed E-state index contributed by atoms with van der Waals surface area (Å²) in [4.78, 5) is 6.75. The molecule has 0 radical (unpaired) electrons. The van der Waals surface area contributed by atoms with E-state index in [1.165, 1.54) is 0 Å². The third kappa shape index (κ3) is 4.84. The van der Waals surface area contributed by atoms with Gasteiger partial charge in [0, 0.05) is 45.3 Å². The number of para-hydroxylation sites is 1. The average molecular weight is 426 g/mol. The van der Waals surface area contributed by atoms with Crippen LogP contribution in [0.2, 0.25) is 5.02 Å². The second-order valence-corrected chi connectivity index (χ2v) is 7.94. The molecule has 1 saturated heterocycles. The molecule has 8 heteroatoms. The molecule has 158 valence electrons. The summed E-state index contributed by atoms with van der Waals surface area (Å²) < 4.78 is 2.04. The van der Waals surface area contributed by atoms with Gasteiger partial charge in [-0.15, -0.1) is 10.2 Å². The van der Waals surface area contributed by atoms with Crippen molar-refractivity contribution in [2.45, 2.75) is 31.7 Å². The van der Waals surface area contributed by atoms with E-state index >= 15 is 0 Å². The fourth-order valence-electron chi connectivity index (χ4n) is 3.92. The van der Waals surface area contributed by atoms with Gasteiger partial charge in [-0.3, -0.25) is 9.39 Å². The number of anilines is 1. The second kappa shape index (κ2) is 9.80. The third-order valence-corrected chi connectivity index (χ3v) is 5.75. The SMILES string of the molecule is CN=C(NCCCc1nnc2ccccn12)NC1CCCN(c2ccccc2Cl)C1. The van der Waals surface area contributed by atoms with Crippen LogP contribution in [0.5, 0.6) is 0 Å². The number of aromatic nitrogens is 3. The van der Waals surface area contributed by atoms with Crippen LogP contribution < -0.4 is 15.5 Å². The van der Waals surface area contributed by atoms with Crippen molar-refractivity contribution in [3.8, 4) is 0 Å². The Labute approximate surface area is 182 Å². The van der Waals surface area contributed by atoms with Gasteiger partial charge in [-0.25, -0.2) is 0 Å². The highest BCUT2D eigenvalue weighted by atomic mass is 35.5. The largest absolute Gasteiger partial charge is 0.368 e. The van der Waals surface area contributed by atoms with Gasteiger partial charge in [-0.1, -0.05) is 29.8 Å². The van der Waals surface area contributed by atoms with Gasteiger partial charge in [-0.2, -0.15) is 0 Å². The van der Waals surface area contributed by atoms with Crippen molar-refractivity contribution in [3.63, 3.8) is 0 Å². The molecule has 0 saturated carbocycles. The molecule has 4 rings (SSSR count). The van der Waals surface area contributed by atoms with Crippen molar-refractivity contribution in [3.05, 3.63) is 59.5 Å². The van der Waals surface area contributed by atoms with Gasteiger partial charge in [0.25, 0.3) is 0 Å². The van der Waals surface area contributed by atoms with Crippen LogP contribution in [0.15, 0.2) is 53.7 Å². The van der Waals surface area contributed by atoms with Gasteiger partial charge in [0.05, 0.1) is 10.7 Å². The highest BCUT2D eigenvalue weighted by Crippen LogP contribution is 2.27. The van der Waals surface area contributed by atoms with Crippen molar-refractivity contribution < 1.29 is 0 Å². The molecule has 1 unspecified atom stereocenters. The predicted molar refractivity (Wildman–Crippen MR) is 122 cm³/mol. The molecule has 0 spiro atoms. The molecule has 1 atom stereocenters. The van der Waals surface area contributed by atoms with E-state index in [1.54, 1.807) is 0 Å². The van der Waals surface area contributed by atoms with Gasteiger partial charge in [-0.05, 0) is 43.5 Å². The number of benzene rings is 1. The first-order chi connectivity index (χ1) is 14.7. The summed E-state index contributed by atoms with van der Waals surface area (Å²) in [5.41, 5.74) is 1.99. The first kappa shape index (κ1) is 20.5. The first-order valence-electron chi connectivity index (χ1n) is 10.5. The van der Waals surface area contributed by atoms with Gasteiger partial charge in [0.15, 0.2) is 11.6 Å². The maximum atomic E-state index is 6.39. The first-order valence-corrected chi connectivity index (χ1v) is 10.9. The Kier molecular flexibility index (Phi) is 6.69. The molecule has 30 heavy (non-hydrogen) atoms. The molecule has 1 aliphatic rings. The van der Waals surface area contributed by atoms with Crippen LogP contribution in [0, 0.1) is 0 Å². The van der Waals surface area contributed by atoms with Crippen molar-refractivity contribution in [1.82, 2.24) is 25.2 Å². The van der Waals surface area contributed by atoms with Gasteiger partial charge >= 0.3 is 0 Å². The summed E-state index contributed by atoms with van der Waals surface area (Å²) >= 11 is 6.39. The van der Waals surface area contributed by atoms with Gasteiger partial charge < -0.3 is 15.5 Å². The molecular weight excluding hydrogens is 398 g/mol. The number of halogens is 1. The maximum Gasteiger partial charge on any atom is 0.191 e. The van der Waals surface area contributed by atoms with Gasteiger partial charge in [0.2, 0.25) is 0 Å². The van der Waals surface area contributed by atoms with E-state index in [0.29, 0.717) is 6.04 Å². The molecule has 2 N–H and O–H groups in total. The van der Waals surface area contributed by atoms with Crippen molar-refractivity contribution in [2.24, 2.45) is 4.99 Å². The van der Waals surface area contributed by atoms with Crippen LogP contribution in [-0.2, 0) is 6.42 Å². The van der Waals surface area contributed by atoms with Crippen molar-refractivity contribution in [1.29, 1.82) is 0 Å². The number of aryl methyl sites for hydroxylation is 1. The van der Waals surface area contributed by atoms with Crippen molar-refractivity contribution in [2.75, 3.05) is 31.6 Å². The maximum absolute atomic E-state index is 6.39. The lowest BCUT2D eigenvalue weighted by Crippen LogP contribution is -2.51. The third-order valence-electron chi connectivity index (χ3n) is 5.43. The van der Waals surface area contributed by atoms with E-state index in [4.69, 9.17) is 11.6 Å². The zero-order valence-corrected chi connectivity index (χ0v) is 18.0. The Morgan fingerprint density at radius 3 is 2.93 bits per heavy atom. The van der Waals surface area contributed by atoms with E-state index in [-0.39, 0.29) is 0 Å². The molecule has 0 aliphatic carbocycles. The lowest BCUT2D eigenvalue weighted by Gasteiger charge is -2.35. The molecule has 3 heterocycles. The monoisotopic (exact) mass is 425 g/mol. The average Bonchev–Trinajstić information content (AvgIpc) is 3.19. The Morgan fingerprint density at radius 1 is 1.20 bits per heavy atom. The molecule has 1 fully saturated rings. The van der Waals surface area contributed by atoms with Gasteiger partial charge in [0.1, 0.15) is 5.82 Å². The van der Waals surface area contributed by atoms with E-state index in [1.807, 2.05) is 54.0 Å². The minimum atomic E-state index is 0.335. The highest BCUT2D eigenvalue weighted by molar-refractivity contribution is 6.33. The lowest BCUT2D eigenvalue weighted by molar-refractivity contribution is 0.468. The Bertz CT molecular complexity index is 1000. The normalized spacial score (nSPS) is 17.3. The Balaban J connectivity index is 1.26. The van der Waals surface area contributed by atoms with Crippen LogP contribution >= 0.6 is 11.6 Å². The minimum absolute atomic E-state index is 0.335. The fourth-order valence-corrected chi connectivity index (χ4v) is 4.18. The minimum Gasteiger partial charge on any atom is -0.368 e. The molecule has 1 aliphatic heterocycles. The van der Waals surface area contributed by atoms with E-state index in [2.05, 4.69) is 36.8 Å². The molecule has 0 amide bonds. The van der Waals surface area contributed by atoms with Crippen LogP contribution in [-0.4, -0.2) is 53.3 Å². The lowest BCUT2D eigenvalue weighted by atomic mass is 10.0. The summed E-state index contributed by atoms with van der Waals surface area (Å²) in [5, 5.41) is 16.3. The summed E-state index contributed by atoms with van der Waals surface area (Å²) in [6.45, 7) is 2.76. The van der Waals surface area contributed by atoms with E-state index in [0.717, 1.165) is 73.5 Å². The Hall–Kier alpha value is -2.80. The van der Waals surface area contributed by atoms with E-state index in [9.17, 15) is 0 Å². The number of nitrogens with zero attached hydrogens (tertiary/aromatic N) is 5. The zero-order valence-electron chi connectivity index (χ0n) is 17.3. The standard InChI is InChI=1S/C22H28ClN7/c1-24-22(25-13-6-12-21-28-27-20-11-4-5-15-30(20)21)26-17-8-7-14-29(16-17)19-10-3-2-9-18(19)23/h2-5,9-11,15,17H,6-8,12-14,16H2,1H3,(H2,24,25,26). The molecule has 2 aromatic heterocycles. The number of nitrogens with one attached hydrogen (secondary N) is 2. The number of piperidine rings is 1. The molecule has 3 aromatic rings. The number of rotatable bonds is 6. The summed E-state index contributed by atoms with van der Waals surface area (Å²) in [6.07, 6.45) is 6.06.